The highest BCUT2D eigenvalue weighted by Crippen LogP contribution is 2.32. The fraction of sp³-hybridized carbons (Fsp3) is 0.391. The van der Waals surface area contributed by atoms with Crippen molar-refractivity contribution in [2.24, 2.45) is 0 Å². The molecule has 2 heterocycles. The van der Waals surface area contributed by atoms with Crippen LogP contribution >= 0.6 is 0 Å². The molecule has 0 bridgehead atoms. The predicted octanol–water partition coefficient (Wildman–Crippen LogP) is 3.12. The molecule has 1 saturated heterocycles. The summed E-state index contributed by atoms with van der Waals surface area (Å²) >= 11 is 0. The topological polar surface area (TPSA) is 88.7 Å². The summed E-state index contributed by atoms with van der Waals surface area (Å²) in [5.41, 5.74) is 1.89. The predicted molar refractivity (Wildman–Crippen MR) is 122 cm³/mol. The number of ether oxygens (including phenoxy) is 3. The molecule has 1 aliphatic rings. The Morgan fingerprint density at radius 2 is 1.81 bits per heavy atom. The molecule has 31 heavy (non-hydrogen) atoms. The number of nitrogens with one attached hydrogen (secondary N) is 2. The number of aromatic amines is 1. The molecular formula is C23H28N4O4. The minimum Gasteiger partial charge on any atom is -0.497 e. The number of hydrogen-bond donors (Lipinski definition) is 2. The van der Waals surface area contributed by atoms with Crippen molar-refractivity contribution in [3.63, 3.8) is 0 Å². The Labute approximate surface area is 181 Å². The third kappa shape index (κ3) is 4.44. The molecule has 164 valence electrons. The summed E-state index contributed by atoms with van der Waals surface area (Å²) in [4.78, 5) is 23.0. The van der Waals surface area contributed by atoms with Gasteiger partial charge >= 0.3 is 0 Å². The molecular weight excluding hydrogens is 396 g/mol. The molecule has 1 fully saturated rings. The van der Waals surface area contributed by atoms with Gasteiger partial charge in [-0.05, 0) is 38.1 Å². The number of nitrogens with zero attached hydrogens (tertiary/aromatic N) is 2. The van der Waals surface area contributed by atoms with Gasteiger partial charge in [0.2, 0.25) is 0 Å². The van der Waals surface area contributed by atoms with Crippen LogP contribution in [0.3, 0.4) is 0 Å². The number of methoxy groups -OCH3 is 3. The molecule has 2 aromatic carbocycles. The van der Waals surface area contributed by atoms with Crippen LogP contribution in [0.4, 0.5) is 5.69 Å². The van der Waals surface area contributed by atoms with E-state index in [9.17, 15) is 4.79 Å². The average molecular weight is 425 g/mol. The van der Waals surface area contributed by atoms with Gasteiger partial charge in [-0.2, -0.15) is 0 Å². The van der Waals surface area contributed by atoms with E-state index < -0.39 is 0 Å². The fourth-order valence-corrected chi connectivity index (χ4v) is 3.98. The number of likely N-dealkylation sites (tertiary alicyclic amines) is 1. The SMILES string of the molecule is COc1ccc(-c2nc3cc(OC)cc(OC)c3c(=O)[nH]2)c(NCCN2CCCC2)c1. The van der Waals surface area contributed by atoms with Crippen LogP contribution in [0, 0.1) is 0 Å². The number of benzene rings is 2. The van der Waals surface area contributed by atoms with Gasteiger partial charge in [-0.3, -0.25) is 4.79 Å². The number of fused-ring (bicyclic) bond motifs is 1. The van der Waals surface area contributed by atoms with Crippen LogP contribution in [0.2, 0.25) is 0 Å². The van der Waals surface area contributed by atoms with Crippen molar-refractivity contribution < 1.29 is 14.2 Å². The summed E-state index contributed by atoms with van der Waals surface area (Å²) in [7, 11) is 4.73. The van der Waals surface area contributed by atoms with Gasteiger partial charge in [-0.1, -0.05) is 0 Å². The Bertz CT molecular complexity index is 1120. The third-order valence-corrected chi connectivity index (χ3v) is 5.63. The third-order valence-electron chi connectivity index (χ3n) is 5.63. The normalized spacial score (nSPS) is 14.0. The highest BCUT2D eigenvalue weighted by molar-refractivity contribution is 5.88. The van der Waals surface area contributed by atoms with E-state index in [0.29, 0.717) is 28.2 Å². The largest absolute Gasteiger partial charge is 0.497 e. The molecule has 0 saturated carbocycles. The Morgan fingerprint density at radius 3 is 2.52 bits per heavy atom. The lowest BCUT2D eigenvalue weighted by molar-refractivity contribution is 0.352. The van der Waals surface area contributed by atoms with Crippen molar-refractivity contribution in [2.45, 2.75) is 12.8 Å². The number of rotatable bonds is 8. The van der Waals surface area contributed by atoms with Gasteiger partial charge in [-0.25, -0.2) is 4.98 Å². The lowest BCUT2D eigenvalue weighted by Crippen LogP contribution is -2.26. The molecule has 0 amide bonds. The molecule has 0 unspecified atom stereocenters. The van der Waals surface area contributed by atoms with Crippen LogP contribution in [0.15, 0.2) is 35.1 Å². The maximum absolute atomic E-state index is 12.9. The van der Waals surface area contributed by atoms with Crippen LogP contribution < -0.4 is 25.1 Å². The Morgan fingerprint density at radius 1 is 1.03 bits per heavy atom. The summed E-state index contributed by atoms with van der Waals surface area (Å²) in [5, 5.41) is 3.89. The van der Waals surface area contributed by atoms with E-state index in [2.05, 4.69) is 15.2 Å². The van der Waals surface area contributed by atoms with Crippen molar-refractivity contribution in [3.8, 4) is 28.6 Å². The van der Waals surface area contributed by atoms with Crippen molar-refractivity contribution >= 4 is 16.6 Å². The molecule has 4 rings (SSSR count). The fourth-order valence-electron chi connectivity index (χ4n) is 3.98. The second-order valence-corrected chi connectivity index (χ2v) is 7.53. The zero-order valence-electron chi connectivity index (χ0n) is 18.2. The molecule has 0 atom stereocenters. The first-order chi connectivity index (χ1) is 15.1. The van der Waals surface area contributed by atoms with Crippen molar-refractivity contribution in [1.82, 2.24) is 14.9 Å². The van der Waals surface area contributed by atoms with Gasteiger partial charge in [0.05, 0.1) is 26.8 Å². The lowest BCUT2D eigenvalue weighted by Gasteiger charge is -2.18. The highest BCUT2D eigenvalue weighted by Gasteiger charge is 2.16. The summed E-state index contributed by atoms with van der Waals surface area (Å²) in [6.45, 7) is 4.05. The van der Waals surface area contributed by atoms with Crippen LogP contribution in [0.5, 0.6) is 17.2 Å². The Balaban J connectivity index is 1.72. The highest BCUT2D eigenvalue weighted by atomic mass is 16.5. The zero-order chi connectivity index (χ0) is 21.8. The molecule has 8 heteroatoms. The molecule has 3 aromatic rings. The maximum atomic E-state index is 12.9. The van der Waals surface area contributed by atoms with Crippen molar-refractivity contribution in [2.75, 3.05) is 52.8 Å². The van der Waals surface area contributed by atoms with E-state index in [-0.39, 0.29) is 5.56 Å². The molecule has 1 aromatic heterocycles. The van der Waals surface area contributed by atoms with Gasteiger partial charge in [0, 0.05) is 42.5 Å². The van der Waals surface area contributed by atoms with Crippen molar-refractivity contribution in [1.29, 1.82) is 0 Å². The zero-order valence-corrected chi connectivity index (χ0v) is 18.2. The standard InChI is InChI=1S/C23H28N4O4/c1-29-15-6-7-17(18(12-15)24-8-11-27-9-4-5-10-27)22-25-19-13-16(30-2)14-20(31-3)21(19)23(28)26-22/h6-7,12-14,24H,4-5,8-11H2,1-3H3,(H,25,26,28). The number of anilines is 1. The Kier molecular flexibility index (Phi) is 6.27. The molecule has 8 nitrogen and oxygen atoms in total. The first-order valence-corrected chi connectivity index (χ1v) is 10.4. The first-order valence-electron chi connectivity index (χ1n) is 10.4. The monoisotopic (exact) mass is 424 g/mol. The van der Waals surface area contributed by atoms with Crippen LogP contribution in [-0.4, -0.2) is 62.4 Å². The minimum atomic E-state index is -0.265. The average Bonchev–Trinajstić information content (AvgIpc) is 3.31. The van der Waals surface area contributed by atoms with Gasteiger partial charge in [0.1, 0.15) is 28.5 Å². The summed E-state index contributed by atoms with van der Waals surface area (Å²) < 4.78 is 16.1. The van der Waals surface area contributed by atoms with Gasteiger partial charge < -0.3 is 29.4 Å². The molecule has 2 N–H and O–H groups in total. The van der Waals surface area contributed by atoms with Gasteiger partial charge in [-0.15, -0.1) is 0 Å². The van der Waals surface area contributed by atoms with E-state index in [1.807, 2.05) is 18.2 Å². The summed E-state index contributed by atoms with van der Waals surface area (Å²) in [6.07, 6.45) is 2.53. The molecule has 0 radical (unpaired) electrons. The van der Waals surface area contributed by atoms with Gasteiger partial charge in [0.25, 0.3) is 5.56 Å². The quantitative estimate of drug-likeness (QED) is 0.574. The molecule has 0 aliphatic carbocycles. The number of H-pyrrole nitrogens is 1. The lowest BCUT2D eigenvalue weighted by atomic mass is 10.1. The minimum absolute atomic E-state index is 0.265. The van der Waals surface area contributed by atoms with Crippen LogP contribution in [0.25, 0.3) is 22.3 Å². The van der Waals surface area contributed by atoms with Crippen molar-refractivity contribution in [3.05, 3.63) is 40.7 Å². The second kappa shape index (κ2) is 9.26. The molecule has 1 aliphatic heterocycles. The summed E-state index contributed by atoms with van der Waals surface area (Å²) in [5.74, 6) is 2.21. The van der Waals surface area contributed by atoms with E-state index in [1.165, 1.54) is 20.0 Å². The second-order valence-electron chi connectivity index (χ2n) is 7.53. The smallest absolute Gasteiger partial charge is 0.262 e. The van der Waals surface area contributed by atoms with E-state index >= 15 is 0 Å². The van der Waals surface area contributed by atoms with E-state index in [4.69, 9.17) is 19.2 Å². The van der Waals surface area contributed by atoms with Crippen LogP contribution in [0.1, 0.15) is 12.8 Å². The number of hydrogen-bond acceptors (Lipinski definition) is 7. The van der Waals surface area contributed by atoms with E-state index in [1.54, 1.807) is 26.4 Å². The summed E-state index contributed by atoms with van der Waals surface area (Å²) in [6, 6.07) is 9.10. The van der Waals surface area contributed by atoms with E-state index in [0.717, 1.165) is 43.2 Å². The first kappa shape index (κ1) is 21.0. The maximum Gasteiger partial charge on any atom is 0.262 e. The number of aromatic nitrogens is 2. The Hall–Kier alpha value is -3.26. The molecule has 0 spiro atoms. The van der Waals surface area contributed by atoms with Gasteiger partial charge in [0.15, 0.2) is 0 Å². The van der Waals surface area contributed by atoms with Crippen LogP contribution in [-0.2, 0) is 0 Å².